The fourth-order valence-corrected chi connectivity index (χ4v) is 0.681. The van der Waals surface area contributed by atoms with Crippen LogP contribution in [0.2, 0.25) is 0 Å². The van der Waals surface area contributed by atoms with Crippen molar-refractivity contribution in [3.8, 4) is 0 Å². The minimum Gasteiger partial charge on any atom is -0.346 e. The van der Waals surface area contributed by atoms with E-state index >= 15 is 0 Å². The number of aliphatic hydroxyl groups is 1. The van der Waals surface area contributed by atoms with Gasteiger partial charge >= 0.3 is 0 Å². The predicted molar refractivity (Wildman–Crippen MR) is 32.1 cm³/mol. The number of aldehydes is 1. The molecule has 4 heteroatoms. The van der Waals surface area contributed by atoms with Crippen LogP contribution in [0.4, 0.5) is 0 Å². The monoisotopic (exact) mass is 146 g/mol. The summed E-state index contributed by atoms with van der Waals surface area (Å²) in [5.41, 5.74) is -0.584. The minimum atomic E-state index is -1.16. The first kappa shape index (κ1) is 7.65. The molecule has 0 radical (unpaired) electrons. The third kappa shape index (κ3) is 1.53. The summed E-state index contributed by atoms with van der Waals surface area (Å²) in [5.74, 6) is 0. The summed E-state index contributed by atoms with van der Waals surface area (Å²) in [5, 5.41) is 8.68. The SMILES string of the molecule is CC1(C=O)COC(O)OC1. The van der Waals surface area contributed by atoms with E-state index < -0.39 is 11.9 Å². The second kappa shape index (κ2) is 2.65. The van der Waals surface area contributed by atoms with Gasteiger partial charge in [0.2, 0.25) is 0 Å². The molecule has 0 atom stereocenters. The molecule has 0 unspecified atom stereocenters. The van der Waals surface area contributed by atoms with Crippen LogP contribution in [-0.4, -0.2) is 31.1 Å². The number of carbonyl (C=O) groups is 1. The standard InChI is InChI=1S/C6H10O4/c1-6(2-7)3-9-5(8)10-4-6/h2,5,8H,3-4H2,1H3. The van der Waals surface area contributed by atoms with Crippen molar-refractivity contribution in [1.82, 2.24) is 0 Å². The van der Waals surface area contributed by atoms with Gasteiger partial charge < -0.3 is 19.4 Å². The van der Waals surface area contributed by atoms with Gasteiger partial charge in [-0.2, -0.15) is 0 Å². The first-order valence-electron chi connectivity index (χ1n) is 3.04. The molecule has 1 aliphatic rings. The van der Waals surface area contributed by atoms with Crippen molar-refractivity contribution in [2.75, 3.05) is 13.2 Å². The summed E-state index contributed by atoms with van der Waals surface area (Å²) in [6, 6.07) is 0. The van der Waals surface area contributed by atoms with Crippen LogP contribution in [0.5, 0.6) is 0 Å². The number of hydrogen-bond acceptors (Lipinski definition) is 4. The summed E-state index contributed by atoms with van der Waals surface area (Å²) in [7, 11) is 0. The van der Waals surface area contributed by atoms with Gasteiger partial charge in [0.1, 0.15) is 6.29 Å². The summed E-state index contributed by atoms with van der Waals surface area (Å²) in [6.07, 6.45) is 0.777. The van der Waals surface area contributed by atoms with Gasteiger partial charge in [0.15, 0.2) is 0 Å². The highest BCUT2D eigenvalue weighted by Crippen LogP contribution is 2.19. The highest BCUT2D eigenvalue weighted by molar-refractivity contribution is 5.59. The van der Waals surface area contributed by atoms with Gasteiger partial charge in [-0.3, -0.25) is 0 Å². The van der Waals surface area contributed by atoms with Crippen LogP contribution in [0, 0.1) is 5.41 Å². The van der Waals surface area contributed by atoms with E-state index in [9.17, 15) is 4.79 Å². The molecule has 0 aliphatic carbocycles. The zero-order valence-corrected chi connectivity index (χ0v) is 5.74. The molecule has 10 heavy (non-hydrogen) atoms. The molecule has 0 saturated carbocycles. The molecular formula is C6H10O4. The molecule has 1 fully saturated rings. The smallest absolute Gasteiger partial charge is 0.269 e. The van der Waals surface area contributed by atoms with E-state index in [0.717, 1.165) is 6.29 Å². The molecule has 1 N–H and O–H groups in total. The minimum absolute atomic E-state index is 0.220. The molecule has 0 aromatic rings. The molecule has 0 aromatic carbocycles. The van der Waals surface area contributed by atoms with Gasteiger partial charge in [-0.25, -0.2) is 0 Å². The number of carbonyl (C=O) groups excluding carboxylic acids is 1. The number of aliphatic hydroxyl groups excluding tert-OH is 1. The van der Waals surface area contributed by atoms with Gasteiger partial charge in [-0.1, -0.05) is 0 Å². The lowest BCUT2D eigenvalue weighted by Gasteiger charge is -2.30. The van der Waals surface area contributed by atoms with E-state index in [0.29, 0.717) is 0 Å². The van der Waals surface area contributed by atoms with Gasteiger partial charge in [0.25, 0.3) is 6.48 Å². The molecular weight excluding hydrogens is 136 g/mol. The van der Waals surface area contributed by atoms with Crippen molar-refractivity contribution >= 4 is 6.29 Å². The zero-order valence-electron chi connectivity index (χ0n) is 5.74. The summed E-state index contributed by atoms with van der Waals surface area (Å²) >= 11 is 0. The Kier molecular flexibility index (Phi) is 2.03. The van der Waals surface area contributed by atoms with Crippen LogP contribution in [0.3, 0.4) is 0 Å². The van der Waals surface area contributed by atoms with Crippen LogP contribution in [0.1, 0.15) is 6.92 Å². The molecule has 0 amide bonds. The van der Waals surface area contributed by atoms with Crippen LogP contribution in [0.15, 0.2) is 0 Å². The summed E-state index contributed by atoms with van der Waals surface area (Å²) in [4.78, 5) is 10.3. The Hall–Kier alpha value is -0.450. The van der Waals surface area contributed by atoms with Crippen LogP contribution >= 0.6 is 0 Å². The quantitative estimate of drug-likeness (QED) is 0.507. The molecule has 1 aliphatic heterocycles. The van der Waals surface area contributed by atoms with Crippen molar-refractivity contribution < 1.29 is 19.4 Å². The Bertz CT molecular complexity index is 126. The fraction of sp³-hybridized carbons (Fsp3) is 0.833. The number of ether oxygens (including phenoxy) is 2. The molecule has 1 saturated heterocycles. The topological polar surface area (TPSA) is 55.8 Å². The van der Waals surface area contributed by atoms with Crippen molar-refractivity contribution in [3.05, 3.63) is 0 Å². The summed E-state index contributed by atoms with van der Waals surface area (Å²) < 4.78 is 9.37. The van der Waals surface area contributed by atoms with E-state index in [1.54, 1.807) is 6.92 Å². The normalized spacial score (nSPS) is 41.2. The van der Waals surface area contributed by atoms with Gasteiger partial charge in [-0.15, -0.1) is 0 Å². The second-order valence-electron chi connectivity index (χ2n) is 2.70. The van der Waals surface area contributed by atoms with Gasteiger partial charge in [0, 0.05) is 0 Å². The summed E-state index contributed by atoms with van der Waals surface area (Å²) in [6.45, 7) is 0.995. The van der Waals surface area contributed by atoms with Crippen molar-refractivity contribution in [3.63, 3.8) is 0 Å². The Morgan fingerprint density at radius 1 is 1.60 bits per heavy atom. The molecule has 1 rings (SSSR count). The predicted octanol–water partition coefficient (Wildman–Crippen LogP) is -0.486. The lowest BCUT2D eigenvalue weighted by atomic mass is 9.95. The number of rotatable bonds is 1. The molecule has 0 aromatic heterocycles. The first-order valence-corrected chi connectivity index (χ1v) is 3.04. The maximum Gasteiger partial charge on any atom is 0.269 e. The number of hydrogen-bond donors (Lipinski definition) is 1. The maximum absolute atomic E-state index is 10.3. The largest absolute Gasteiger partial charge is 0.346 e. The third-order valence-corrected chi connectivity index (χ3v) is 1.40. The lowest BCUT2D eigenvalue weighted by Crippen LogP contribution is -2.40. The van der Waals surface area contributed by atoms with Gasteiger partial charge in [-0.05, 0) is 6.92 Å². The van der Waals surface area contributed by atoms with Crippen molar-refractivity contribution in [1.29, 1.82) is 0 Å². The third-order valence-electron chi connectivity index (χ3n) is 1.40. The lowest BCUT2D eigenvalue weighted by molar-refractivity contribution is -0.310. The average molecular weight is 146 g/mol. The van der Waals surface area contributed by atoms with Crippen LogP contribution < -0.4 is 0 Å². The first-order chi connectivity index (χ1) is 4.66. The Morgan fingerprint density at radius 2 is 2.10 bits per heavy atom. The van der Waals surface area contributed by atoms with Gasteiger partial charge in [0.05, 0.1) is 18.6 Å². The molecule has 1 heterocycles. The second-order valence-corrected chi connectivity index (χ2v) is 2.70. The molecule has 4 nitrogen and oxygen atoms in total. The van der Waals surface area contributed by atoms with Crippen LogP contribution in [-0.2, 0) is 14.3 Å². The Labute approximate surface area is 58.7 Å². The van der Waals surface area contributed by atoms with Crippen molar-refractivity contribution in [2.45, 2.75) is 13.4 Å². The van der Waals surface area contributed by atoms with Crippen LogP contribution in [0.25, 0.3) is 0 Å². The van der Waals surface area contributed by atoms with E-state index in [-0.39, 0.29) is 13.2 Å². The zero-order chi connectivity index (χ0) is 7.61. The average Bonchev–Trinajstić information content (AvgIpc) is 1.96. The Morgan fingerprint density at radius 3 is 2.50 bits per heavy atom. The highest BCUT2D eigenvalue weighted by Gasteiger charge is 2.31. The van der Waals surface area contributed by atoms with Crippen molar-refractivity contribution in [2.24, 2.45) is 5.41 Å². The Balaban J connectivity index is 2.46. The van der Waals surface area contributed by atoms with E-state index in [1.165, 1.54) is 0 Å². The van der Waals surface area contributed by atoms with E-state index in [4.69, 9.17) is 5.11 Å². The molecule has 0 bridgehead atoms. The fourth-order valence-electron chi connectivity index (χ4n) is 0.681. The highest BCUT2D eigenvalue weighted by atomic mass is 16.8. The van der Waals surface area contributed by atoms with E-state index in [1.807, 2.05) is 0 Å². The van der Waals surface area contributed by atoms with E-state index in [2.05, 4.69) is 9.47 Å². The molecule has 0 spiro atoms. The maximum atomic E-state index is 10.3. The molecule has 58 valence electrons.